The van der Waals surface area contributed by atoms with Gasteiger partial charge in [-0.2, -0.15) is 0 Å². The SMILES string of the molecule is Nc1ncc(Cl)cc1C(O)Cc1c(Cl)cccc1Cl. The molecule has 0 radical (unpaired) electrons. The topological polar surface area (TPSA) is 59.1 Å². The summed E-state index contributed by atoms with van der Waals surface area (Å²) in [6, 6.07) is 6.76. The van der Waals surface area contributed by atoms with E-state index in [0.717, 1.165) is 0 Å². The molecule has 1 aromatic heterocycles. The lowest BCUT2D eigenvalue weighted by atomic mass is 10.0. The highest BCUT2D eigenvalue weighted by molar-refractivity contribution is 6.36. The van der Waals surface area contributed by atoms with E-state index in [0.29, 0.717) is 26.2 Å². The first-order valence-corrected chi connectivity index (χ1v) is 6.64. The van der Waals surface area contributed by atoms with E-state index >= 15 is 0 Å². The van der Waals surface area contributed by atoms with E-state index in [-0.39, 0.29) is 12.2 Å². The van der Waals surface area contributed by atoms with Gasteiger partial charge in [0.15, 0.2) is 0 Å². The molecule has 6 heteroatoms. The molecule has 0 aliphatic carbocycles. The molecule has 0 aliphatic rings. The van der Waals surface area contributed by atoms with Crippen LogP contribution in [0.1, 0.15) is 17.2 Å². The third-order valence-electron chi connectivity index (χ3n) is 2.73. The summed E-state index contributed by atoms with van der Waals surface area (Å²) in [6.45, 7) is 0. The Morgan fingerprint density at radius 1 is 1.21 bits per heavy atom. The second kappa shape index (κ2) is 5.97. The molecular weight excluding hydrogens is 307 g/mol. The van der Waals surface area contributed by atoms with Crippen molar-refractivity contribution < 1.29 is 5.11 Å². The van der Waals surface area contributed by atoms with Crippen LogP contribution in [0.15, 0.2) is 30.5 Å². The van der Waals surface area contributed by atoms with Crippen molar-refractivity contribution in [1.29, 1.82) is 0 Å². The second-order valence-electron chi connectivity index (χ2n) is 4.05. The molecule has 2 rings (SSSR count). The van der Waals surface area contributed by atoms with Crippen molar-refractivity contribution >= 4 is 40.6 Å². The summed E-state index contributed by atoms with van der Waals surface area (Å²) in [5, 5.41) is 11.6. The number of nitrogens with zero attached hydrogens (tertiary/aromatic N) is 1. The summed E-state index contributed by atoms with van der Waals surface area (Å²) >= 11 is 18.0. The molecule has 1 heterocycles. The number of benzene rings is 1. The van der Waals surface area contributed by atoms with E-state index in [2.05, 4.69) is 4.98 Å². The Morgan fingerprint density at radius 2 is 1.84 bits per heavy atom. The van der Waals surface area contributed by atoms with E-state index < -0.39 is 6.10 Å². The Labute approximate surface area is 125 Å². The number of aliphatic hydroxyl groups is 1. The molecule has 3 nitrogen and oxygen atoms in total. The van der Waals surface area contributed by atoms with Gasteiger partial charge in [-0.15, -0.1) is 0 Å². The van der Waals surface area contributed by atoms with Gasteiger partial charge >= 0.3 is 0 Å². The molecular formula is C13H11Cl3N2O. The fraction of sp³-hybridized carbons (Fsp3) is 0.154. The first kappa shape index (κ1) is 14.4. The number of rotatable bonds is 3. The quantitative estimate of drug-likeness (QED) is 0.902. The first-order valence-electron chi connectivity index (χ1n) is 5.51. The molecule has 0 saturated carbocycles. The zero-order chi connectivity index (χ0) is 14.0. The number of nitrogen functional groups attached to an aromatic ring is 1. The molecule has 0 spiro atoms. The summed E-state index contributed by atoms with van der Waals surface area (Å²) in [5.41, 5.74) is 6.85. The van der Waals surface area contributed by atoms with Crippen molar-refractivity contribution in [3.63, 3.8) is 0 Å². The summed E-state index contributed by atoms with van der Waals surface area (Å²) in [4.78, 5) is 3.91. The van der Waals surface area contributed by atoms with Gasteiger partial charge in [0.05, 0.1) is 11.1 Å². The maximum atomic E-state index is 10.2. The van der Waals surface area contributed by atoms with Gasteiger partial charge in [0.1, 0.15) is 5.82 Å². The highest BCUT2D eigenvalue weighted by atomic mass is 35.5. The van der Waals surface area contributed by atoms with Crippen LogP contribution in [-0.2, 0) is 6.42 Å². The van der Waals surface area contributed by atoms with Gasteiger partial charge in [-0.3, -0.25) is 0 Å². The van der Waals surface area contributed by atoms with Crippen LogP contribution in [-0.4, -0.2) is 10.1 Å². The number of hydrogen-bond acceptors (Lipinski definition) is 3. The third-order valence-corrected chi connectivity index (χ3v) is 3.65. The average Bonchev–Trinajstić information content (AvgIpc) is 2.37. The van der Waals surface area contributed by atoms with Crippen LogP contribution in [0.2, 0.25) is 15.1 Å². The second-order valence-corrected chi connectivity index (χ2v) is 5.30. The fourth-order valence-electron chi connectivity index (χ4n) is 1.76. The normalized spacial score (nSPS) is 12.4. The molecule has 1 unspecified atom stereocenters. The van der Waals surface area contributed by atoms with Crippen molar-refractivity contribution in [2.24, 2.45) is 0 Å². The number of aromatic nitrogens is 1. The average molecular weight is 318 g/mol. The Kier molecular flexibility index (Phi) is 4.53. The maximum Gasteiger partial charge on any atom is 0.129 e. The summed E-state index contributed by atoms with van der Waals surface area (Å²) in [7, 11) is 0. The zero-order valence-corrected chi connectivity index (χ0v) is 12.0. The van der Waals surface area contributed by atoms with Gasteiger partial charge in [-0.25, -0.2) is 4.98 Å². The predicted octanol–water partition coefficient (Wildman–Crippen LogP) is 3.90. The lowest BCUT2D eigenvalue weighted by Crippen LogP contribution is -2.07. The standard InChI is InChI=1S/C13H11Cl3N2O/c14-7-4-9(13(17)18-6-7)12(19)5-8-10(15)2-1-3-11(8)16/h1-4,6,12,19H,5H2,(H2,17,18). The first-order chi connectivity index (χ1) is 8.99. The molecule has 0 amide bonds. The number of anilines is 1. The lowest BCUT2D eigenvalue weighted by molar-refractivity contribution is 0.179. The highest BCUT2D eigenvalue weighted by Gasteiger charge is 2.16. The Balaban J connectivity index is 2.31. The van der Waals surface area contributed by atoms with Crippen molar-refractivity contribution in [3.8, 4) is 0 Å². The zero-order valence-electron chi connectivity index (χ0n) is 9.78. The van der Waals surface area contributed by atoms with Crippen molar-refractivity contribution in [2.75, 3.05) is 5.73 Å². The molecule has 1 aromatic carbocycles. The molecule has 19 heavy (non-hydrogen) atoms. The summed E-state index contributed by atoms with van der Waals surface area (Å²) in [6.07, 6.45) is 0.795. The molecule has 100 valence electrons. The van der Waals surface area contributed by atoms with Crippen LogP contribution in [0.4, 0.5) is 5.82 Å². The third kappa shape index (κ3) is 3.31. The fourth-order valence-corrected chi connectivity index (χ4v) is 2.48. The number of aliphatic hydroxyl groups excluding tert-OH is 1. The highest BCUT2D eigenvalue weighted by Crippen LogP contribution is 2.31. The van der Waals surface area contributed by atoms with Crippen LogP contribution in [0.3, 0.4) is 0 Å². The molecule has 0 saturated heterocycles. The van der Waals surface area contributed by atoms with Crippen molar-refractivity contribution in [1.82, 2.24) is 4.98 Å². The molecule has 1 atom stereocenters. The number of nitrogens with two attached hydrogens (primary N) is 1. The summed E-state index contributed by atoms with van der Waals surface area (Å²) < 4.78 is 0. The van der Waals surface area contributed by atoms with Crippen LogP contribution >= 0.6 is 34.8 Å². The maximum absolute atomic E-state index is 10.2. The van der Waals surface area contributed by atoms with Gasteiger partial charge in [0.25, 0.3) is 0 Å². The monoisotopic (exact) mass is 316 g/mol. The molecule has 0 aliphatic heterocycles. The van der Waals surface area contributed by atoms with E-state index in [9.17, 15) is 5.11 Å². The number of hydrogen-bond donors (Lipinski definition) is 2. The van der Waals surface area contributed by atoms with Crippen LogP contribution < -0.4 is 5.73 Å². The lowest BCUT2D eigenvalue weighted by Gasteiger charge is -2.15. The Morgan fingerprint density at radius 3 is 2.47 bits per heavy atom. The van der Waals surface area contributed by atoms with E-state index in [1.165, 1.54) is 6.20 Å². The van der Waals surface area contributed by atoms with Crippen LogP contribution in [0.25, 0.3) is 0 Å². The van der Waals surface area contributed by atoms with Gasteiger partial charge in [-0.05, 0) is 23.8 Å². The minimum absolute atomic E-state index is 0.236. The van der Waals surface area contributed by atoms with Crippen LogP contribution in [0.5, 0.6) is 0 Å². The predicted molar refractivity (Wildman–Crippen MR) is 78.8 cm³/mol. The van der Waals surface area contributed by atoms with E-state index in [1.807, 2.05) is 0 Å². The Hall–Kier alpha value is -1.00. The number of pyridine rings is 1. The van der Waals surface area contributed by atoms with Gasteiger partial charge in [-0.1, -0.05) is 40.9 Å². The molecule has 3 N–H and O–H groups in total. The minimum Gasteiger partial charge on any atom is -0.388 e. The molecule has 2 aromatic rings. The minimum atomic E-state index is -0.872. The van der Waals surface area contributed by atoms with Crippen LogP contribution in [0, 0.1) is 0 Å². The molecule has 0 fully saturated rings. The van der Waals surface area contributed by atoms with Gasteiger partial charge in [0, 0.05) is 28.2 Å². The number of halogens is 3. The van der Waals surface area contributed by atoms with Crippen molar-refractivity contribution in [3.05, 3.63) is 56.7 Å². The largest absolute Gasteiger partial charge is 0.388 e. The van der Waals surface area contributed by atoms with Gasteiger partial charge < -0.3 is 10.8 Å². The molecule has 0 bridgehead atoms. The van der Waals surface area contributed by atoms with Gasteiger partial charge in [0.2, 0.25) is 0 Å². The van der Waals surface area contributed by atoms with E-state index in [4.69, 9.17) is 40.5 Å². The summed E-state index contributed by atoms with van der Waals surface area (Å²) in [5.74, 6) is 0.236. The van der Waals surface area contributed by atoms with Crippen molar-refractivity contribution in [2.45, 2.75) is 12.5 Å². The smallest absolute Gasteiger partial charge is 0.129 e. The van der Waals surface area contributed by atoms with E-state index in [1.54, 1.807) is 24.3 Å². The Bertz CT molecular complexity index is 584.